The third-order valence-corrected chi connectivity index (χ3v) is 3.80. The molecule has 1 heterocycles. The predicted octanol–water partition coefficient (Wildman–Crippen LogP) is 3.23. The van der Waals surface area contributed by atoms with Crippen LogP contribution in [0.15, 0.2) is 24.3 Å². The van der Waals surface area contributed by atoms with Gasteiger partial charge in [-0.25, -0.2) is 0 Å². The maximum Gasteiger partial charge on any atom is 0.416 e. The van der Waals surface area contributed by atoms with Crippen molar-refractivity contribution < 1.29 is 13.2 Å². The van der Waals surface area contributed by atoms with Gasteiger partial charge in [-0.1, -0.05) is 18.2 Å². The van der Waals surface area contributed by atoms with E-state index in [1.807, 2.05) is 0 Å². The van der Waals surface area contributed by atoms with Gasteiger partial charge >= 0.3 is 6.18 Å². The third-order valence-electron chi connectivity index (χ3n) is 3.80. The number of hydrogen-bond acceptors (Lipinski definition) is 2. The molecule has 1 aromatic carbocycles. The second-order valence-corrected chi connectivity index (χ2v) is 5.60. The monoisotopic (exact) mass is 286 g/mol. The molecule has 1 fully saturated rings. The maximum absolute atomic E-state index is 12.7. The zero-order valence-corrected chi connectivity index (χ0v) is 12.0. The zero-order chi connectivity index (χ0) is 14.8. The van der Waals surface area contributed by atoms with Crippen molar-refractivity contribution in [3.63, 3.8) is 0 Å². The highest BCUT2D eigenvalue weighted by molar-refractivity contribution is 5.25. The summed E-state index contributed by atoms with van der Waals surface area (Å²) in [5.74, 6) is 0. The molecule has 0 atom stereocenters. The Morgan fingerprint density at radius 1 is 1.10 bits per heavy atom. The second-order valence-electron chi connectivity index (χ2n) is 5.60. The Kier molecular flexibility index (Phi) is 4.70. The van der Waals surface area contributed by atoms with Crippen molar-refractivity contribution in [1.29, 1.82) is 0 Å². The molecule has 112 valence electrons. The molecular formula is C15H21F3N2. The number of benzene rings is 1. The van der Waals surface area contributed by atoms with Crippen LogP contribution in [0.3, 0.4) is 0 Å². The molecule has 0 amide bonds. The van der Waals surface area contributed by atoms with Gasteiger partial charge in [0, 0.05) is 38.8 Å². The smallest absolute Gasteiger partial charge is 0.298 e. The summed E-state index contributed by atoms with van der Waals surface area (Å²) < 4.78 is 38.0. The summed E-state index contributed by atoms with van der Waals surface area (Å²) in [4.78, 5) is 4.61. The first-order valence-corrected chi connectivity index (χ1v) is 6.99. The Hall–Kier alpha value is -1.07. The molecule has 0 saturated carbocycles. The van der Waals surface area contributed by atoms with E-state index in [9.17, 15) is 13.2 Å². The molecule has 0 N–H and O–H groups in total. The molecule has 2 rings (SSSR count). The number of halogens is 3. The first-order valence-electron chi connectivity index (χ1n) is 6.99. The van der Waals surface area contributed by atoms with Crippen molar-refractivity contribution in [1.82, 2.24) is 9.80 Å². The van der Waals surface area contributed by atoms with Gasteiger partial charge in [-0.2, -0.15) is 13.2 Å². The molecule has 1 saturated heterocycles. The second kappa shape index (κ2) is 6.14. The summed E-state index contributed by atoms with van der Waals surface area (Å²) in [6.45, 7) is 8.72. The van der Waals surface area contributed by atoms with Crippen LogP contribution in [0, 0.1) is 0 Å². The zero-order valence-electron chi connectivity index (χ0n) is 12.0. The lowest BCUT2D eigenvalue weighted by Gasteiger charge is -2.37. The Labute approximate surface area is 118 Å². The molecular weight excluding hydrogens is 265 g/mol. The van der Waals surface area contributed by atoms with E-state index in [-0.39, 0.29) is 0 Å². The highest BCUT2D eigenvalue weighted by Gasteiger charge is 2.30. The topological polar surface area (TPSA) is 6.48 Å². The molecule has 0 aromatic heterocycles. The fraction of sp³-hybridized carbons (Fsp3) is 0.600. The van der Waals surface area contributed by atoms with Gasteiger partial charge in [0.15, 0.2) is 0 Å². The first kappa shape index (κ1) is 15.3. The first-order chi connectivity index (χ1) is 9.36. The molecule has 1 aliphatic heterocycles. The Bertz CT molecular complexity index is 435. The fourth-order valence-corrected chi connectivity index (χ4v) is 2.54. The van der Waals surface area contributed by atoms with E-state index in [0.717, 1.165) is 37.8 Å². The van der Waals surface area contributed by atoms with E-state index in [1.54, 1.807) is 6.07 Å². The van der Waals surface area contributed by atoms with Crippen LogP contribution in [-0.2, 0) is 12.7 Å². The van der Waals surface area contributed by atoms with E-state index in [0.29, 0.717) is 12.6 Å². The molecule has 5 heteroatoms. The average Bonchev–Trinajstić information content (AvgIpc) is 2.38. The van der Waals surface area contributed by atoms with Crippen molar-refractivity contribution >= 4 is 0 Å². The minimum Gasteiger partial charge on any atom is -0.298 e. The van der Waals surface area contributed by atoms with Gasteiger partial charge in [0.1, 0.15) is 0 Å². The van der Waals surface area contributed by atoms with Crippen LogP contribution in [0.4, 0.5) is 13.2 Å². The molecule has 20 heavy (non-hydrogen) atoms. The van der Waals surface area contributed by atoms with Gasteiger partial charge < -0.3 is 0 Å². The molecule has 0 bridgehead atoms. The summed E-state index contributed by atoms with van der Waals surface area (Å²) in [5.41, 5.74) is 0.175. The molecule has 1 aliphatic rings. The summed E-state index contributed by atoms with van der Waals surface area (Å²) >= 11 is 0. The number of rotatable bonds is 3. The fourth-order valence-electron chi connectivity index (χ4n) is 2.54. The van der Waals surface area contributed by atoms with Crippen LogP contribution < -0.4 is 0 Å². The minimum absolute atomic E-state index is 0.533. The lowest BCUT2D eigenvalue weighted by Crippen LogP contribution is -2.48. The van der Waals surface area contributed by atoms with E-state index in [2.05, 4.69) is 23.6 Å². The summed E-state index contributed by atoms with van der Waals surface area (Å²) in [5, 5.41) is 0. The van der Waals surface area contributed by atoms with Gasteiger partial charge in [0.25, 0.3) is 0 Å². The standard InChI is InChI=1S/C15H21F3N2/c1-12(2)20-8-6-19(7-9-20)11-13-4-3-5-14(10-13)15(16,17)18/h3-5,10,12H,6-9,11H2,1-2H3. The molecule has 0 radical (unpaired) electrons. The van der Waals surface area contributed by atoms with E-state index in [4.69, 9.17) is 0 Å². The molecule has 0 spiro atoms. The van der Waals surface area contributed by atoms with Crippen molar-refractivity contribution in [2.45, 2.75) is 32.6 Å². The number of hydrogen-bond donors (Lipinski definition) is 0. The molecule has 1 aromatic rings. The predicted molar refractivity (Wildman–Crippen MR) is 73.4 cm³/mol. The van der Waals surface area contributed by atoms with Crippen molar-refractivity contribution in [2.24, 2.45) is 0 Å². The van der Waals surface area contributed by atoms with Crippen LogP contribution in [0.25, 0.3) is 0 Å². The van der Waals surface area contributed by atoms with Crippen LogP contribution in [0.5, 0.6) is 0 Å². The molecule has 0 aliphatic carbocycles. The van der Waals surface area contributed by atoms with E-state index >= 15 is 0 Å². The van der Waals surface area contributed by atoms with Gasteiger partial charge in [-0.05, 0) is 25.5 Å². The number of piperazine rings is 1. The van der Waals surface area contributed by atoms with Gasteiger partial charge in [-0.15, -0.1) is 0 Å². The van der Waals surface area contributed by atoms with Gasteiger partial charge in [0.05, 0.1) is 5.56 Å². The normalized spacial score (nSPS) is 18.7. The Morgan fingerprint density at radius 2 is 1.75 bits per heavy atom. The third kappa shape index (κ3) is 3.96. The van der Waals surface area contributed by atoms with Crippen molar-refractivity contribution in [2.75, 3.05) is 26.2 Å². The lowest BCUT2D eigenvalue weighted by molar-refractivity contribution is -0.137. The van der Waals surface area contributed by atoms with Crippen molar-refractivity contribution in [3.8, 4) is 0 Å². The van der Waals surface area contributed by atoms with E-state index < -0.39 is 11.7 Å². The maximum atomic E-state index is 12.7. The van der Waals surface area contributed by atoms with E-state index in [1.165, 1.54) is 12.1 Å². The Morgan fingerprint density at radius 3 is 2.30 bits per heavy atom. The quantitative estimate of drug-likeness (QED) is 0.841. The summed E-state index contributed by atoms with van der Waals surface area (Å²) in [7, 11) is 0. The van der Waals surface area contributed by atoms with Gasteiger partial charge in [0.2, 0.25) is 0 Å². The van der Waals surface area contributed by atoms with Crippen molar-refractivity contribution in [3.05, 3.63) is 35.4 Å². The largest absolute Gasteiger partial charge is 0.416 e. The Balaban J connectivity index is 1.95. The average molecular weight is 286 g/mol. The molecule has 2 nitrogen and oxygen atoms in total. The highest BCUT2D eigenvalue weighted by Crippen LogP contribution is 2.29. The summed E-state index contributed by atoms with van der Waals surface area (Å²) in [6, 6.07) is 6.17. The summed E-state index contributed by atoms with van der Waals surface area (Å²) in [6.07, 6.45) is -4.26. The minimum atomic E-state index is -4.26. The highest BCUT2D eigenvalue weighted by atomic mass is 19.4. The molecule has 0 unspecified atom stereocenters. The van der Waals surface area contributed by atoms with Crippen LogP contribution >= 0.6 is 0 Å². The van der Waals surface area contributed by atoms with Crippen LogP contribution in [0.1, 0.15) is 25.0 Å². The number of nitrogens with zero attached hydrogens (tertiary/aromatic N) is 2. The van der Waals surface area contributed by atoms with Crippen LogP contribution in [-0.4, -0.2) is 42.0 Å². The van der Waals surface area contributed by atoms with Crippen LogP contribution in [0.2, 0.25) is 0 Å². The SMILES string of the molecule is CC(C)N1CCN(Cc2cccc(C(F)(F)F)c2)CC1. The lowest BCUT2D eigenvalue weighted by atomic mass is 10.1. The number of alkyl halides is 3. The van der Waals surface area contributed by atoms with Gasteiger partial charge in [-0.3, -0.25) is 9.80 Å².